The zero-order valence-electron chi connectivity index (χ0n) is 17.1. The van der Waals surface area contributed by atoms with Crippen LogP contribution in [-0.2, 0) is 0 Å². The van der Waals surface area contributed by atoms with Gasteiger partial charge in [-0.3, -0.25) is 14.6 Å². The molecule has 0 spiro atoms. The fraction of sp³-hybridized carbons (Fsp3) is 0.348. The number of carbonyl (C=O) groups excluding carboxylic acids is 1. The normalized spacial score (nSPS) is 14.5. The first-order chi connectivity index (χ1) is 14.5. The van der Waals surface area contributed by atoms with Crippen molar-refractivity contribution in [3.63, 3.8) is 0 Å². The number of benzene rings is 1. The van der Waals surface area contributed by atoms with Gasteiger partial charge in [-0.1, -0.05) is 19.1 Å². The molecule has 0 aliphatic heterocycles. The van der Waals surface area contributed by atoms with Crippen LogP contribution in [0.25, 0.3) is 10.8 Å². The van der Waals surface area contributed by atoms with Gasteiger partial charge in [0.2, 0.25) is 0 Å². The molecule has 30 heavy (non-hydrogen) atoms. The summed E-state index contributed by atoms with van der Waals surface area (Å²) in [4.78, 5) is 30.5. The van der Waals surface area contributed by atoms with Gasteiger partial charge in [-0.25, -0.2) is 9.07 Å². The van der Waals surface area contributed by atoms with Crippen molar-refractivity contribution in [3.05, 3.63) is 75.7 Å². The molecular weight excluding hydrogens is 383 g/mol. The highest BCUT2D eigenvalue weighted by Gasteiger charge is 2.34. The Morgan fingerprint density at radius 1 is 1.30 bits per heavy atom. The van der Waals surface area contributed by atoms with Gasteiger partial charge in [-0.15, -0.1) is 0 Å². The number of aromatic nitrogens is 2. The number of halogens is 1. The fourth-order valence-electron chi connectivity index (χ4n) is 3.88. The first-order valence-corrected chi connectivity index (χ1v) is 10.3. The first-order valence-electron chi connectivity index (χ1n) is 10.3. The molecule has 1 aromatic carbocycles. The lowest BCUT2D eigenvalue weighted by Crippen LogP contribution is -2.36. The van der Waals surface area contributed by atoms with E-state index in [1.807, 2.05) is 13.0 Å². The van der Waals surface area contributed by atoms with E-state index in [1.165, 1.54) is 16.8 Å². The van der Waals surface area contributed by atoms with Crippen LogP contribution in [0.2, 0.25) is 0 Å². The molecular formula is C23H25FN4O2. The predicted molar refractivity (Wildman–Crippen MR) is 115 cm³/mol. The number of amides is 1. The number of fused-ring (bicyclic) bond motifs is 1. The highest BCUT2D eigenvalue weighted by molar-refractivity contribution is 6.07. The third-order valence-corrected chi connectivity index (χ3v) is 5.56. The lowest BCUT2D eigenvalue weighted by atomic mass is 10.00. The largest absolute Gasteiger partial charge is 0.345 e. The summed E-state index contributed by atoms with van der Waals surface area (Å²) < 4.78 is 15.2. The van der Waals surface area contributed by atoms with Crippen molar-refractivity contribution in [2.45, 2.75) is 39.2 Å². The highest BCUT2D eigenvalue weighted by Crippen LogP contribution is 2.41. The van der Waals surface area contributed by atoms with Gasteiger partial charge in [0, 0.05) is 24.3 Å². The molecule has 1 aliphatic carbocycles. The van der Waals surface area contributed by atoms with Crippen LogP contribution in [0.5, 0.6) is 0 Å². The van der Waals surface area contributed by atoms with Crippen LogP contribution in [-0.4, -0.2) is 22.1 Å². The Morgan fingerprint density at radius 3 is 2.80 bits per heavy atom. The van der Waals surface area contributed by atoms with E-state index in [9.17, 15) is 14.0 Å². The van der Waals surface area contributed by atoms with Crippen molar-refractivity contribution < 1.29 is 9.18 Å². The van der Waals surface area contributed by atoms with Crippen molar-refractivity contribution in [1.82, 2.24) is 15.0 Å². The zero-order valence-corrected chi connectivity index (χ0v) is 17.1. The molecule has 2 N–H and O–H groups in total. The second-order valence-electron chi connectivity index (χ2n) is 7.77. The summed E-state index contributed by atoms with van der Waals surface area (Å²) in [7, 11) is 0. The summed E-state index contributed by atoms with van der Waals surface area (Å²) in [5.74, 6) is -0.334. The minimum atomic E-state index is -0.324. The number of hydrogen-bond acceptors (Lipinski definition) is 4. The average Bonchev–Trinajstić information content (AvgIpc) is 3.57. The van der Waals surface area contributed by atoms with Crippen LogP contribution in [0.4, 0.5) is 4.39 Å². The molecule has 1 atom stereocenters. The number of nitrogens with one attached hydrogen (secondary N) is 2. The van der Waals surface area contributed by atoms with E-state index in [2.05, 4.69) is 15.7 Å². The summed E-state index contributed by atoms with van der Waals surface area (Å²) in [6.45, 7) is 4.36. The van der Waals surface area contributed by atoms with Crippen molar-refractivity contribution in [1.29, 1.82) is 0 Å². The van der Waals surface area contributed by atoms with Gasteiger partial charge in [0.25, 0.3) is 11.5 Å². The van der Waals surface area contributed by atoms with Crippen molar-refractivity contribution >= 4 is 16.7 Å². The van der Waals surface area contributed by atoms with Gasteiger partial charge < -0.3 is 10.7 Å². The van der Waals surface area contributed by atoms with Crippen LogP contribution in [0.3, 0.4) is 0 Å². The Bertz CT molecular complexity index is 1150. The van der Waals surface area contributed by atoms with Crippen LogP contribution in [0, 0.1) is 18.7 Å². The Morgan fingerprint density at radius 2 is 2.10 bits per heavy atom. The van der Waals surface area contributed by atoms with Crippen LogP contribution >= 0.6 is 0 Å². The maximum absolute atomic E-state index is 13.8. The molecule has 3 aromatic rings. The number of pyridine rings is 2. The Kier molecular flexibility index (Phi) is 5.53. The fourth-order valence-corrected chi connectivity index (χ4v) is 3.88. The molecule has 0 radical (unpaired) electrons. The summed E-state index contributed by atoms with van der Waals surface area (Å²) >= 11 is 0. The molecule has 1 aliphatic rings. The quantitative estimate of drug-likeness (QED) is 0.625. The predicted octanol–water partition coefficient (Wildman–Crippen LogP) is 3.68. The molecule has 6 nitrogen and oxygen atoms in total. The van der Waals surface area contributed by atoms with Crippen LogP contribution in [0.15, 0.2) is 47.5 Å². The molecule has 2 aromatic heterocycles. The molecule has 4 rings (SSSR count). The number of rotatable bonds is 7. The molecule has 0 saturated heterocycles. The Balaban J connectivity index is 1.78. The number of hydrogen-bond donors (Lipinski definition) is 2. The maximum Gasteiger partial charge on any atom is 0.277 e. The van der Waals surface area contributed by atoms with Crippen molar-refractivity contribution in [3.8, 4) is 0 Å². The summed E-state index contributed by atoms with van der Waals surface area (Å²) in [6, 6.07) is 7.72. The van der Waals surface area contributed by atoms with E-state index in [4.69, 9.17) is 0 Å². The zero-order chi connectivity index (χ0) is 21.3. The third-order valence-electron chi connectivity index (χ3n) is 5.56. The average molecular weight is 408 g/mol. The lowest BCUT2D eigenvalue weighted by Gasteiger charge is -2.22. The van der Waals surface area contributed by atoms with E-state index in [0.29, 0.717) is 28.6 Å². The van der Waals surface area contributed by atoms with Gasteiger partial charge in [-0.2, -0.15) is 0 Å². The van der Waals surface area contributed by atoms with Gasteiger partial charge in [0.1, 0.15) is 5.82 Å². The number of nitrogens with zero attached hydrogens (tertiary/aromatic N) is 2. The second kappa shape index (κ2) is 8.26. The van der Waals surface area contributed by atoms with Crippen LogP contribution < -0.4 is 16.3 Å². The van der Waals surface area contributed by atoms with Crippen LogP contribution in [0.1, 0.15) is 53.8 Å². The minimum Gasteiger partial charge on any atom is -0.345 e. The Hall–Kier alpha value is -3.22. The van der Waals surface area contributed by atoms with Gasteiger partial charge in [0.05, 0.1) is 22.7 Å². The van der Waals surface area contributed by atoms with Crippen molar-refractivity contribution in [2.24, 2.45) is 5.92 Å². The third kappa shape index (κ3) is 3.79. The Labute approximate surface area is 174 Å². The lowest BCUT2D eigenvalue weighted by molar-refractivity contribution is 0.0932. The smallest absolute Gasteiger partial charge is 0.277 e. The first kappa shape index (κ1) is 20.1. The monoisotopic (exact) mass is 408 g/mol. The summed E-state index contributed by atoms with van der Waals surface area (Å²) in [5.41, 5.74) is 4.58. The van der Waals surface area contributed by atoms with E-state index < -0.39 is 0 Å². The van der Waals surface area contributed by atoms with E-state index in [0.717, 1.165) is 24.8 Å². The van der Waals surface area contributed by atoms with Gasteiger partial charge in [0.15, 0.2) is 0 Å². The molecule has 1 amide bonds. The molecule has 0 unspecified atom stereocenters. The molecule has 156 valence electrons. The van der Waals surface area contributed by atoms with Gasteiger partial charge >= 0.3 is 0 Å². The molecule has 0 bridgehead atoms. The van der Waals surface area contributed by atoms with Crippen molar-refractivity contribution in [2.75, 3.05) is 12.0 Å². The van der Waals surface area contributed by atoms with E-state index in [-0.39, 0.29) is 29.2 Å². The molecule has 2 heterocycles. The molecule has 7 heteroatoms. The topological polar surface area (TPSA) is 76.0 Å². The SMILES string of the molecule is CCCNn1c(C)c(C(=O)N[C@H](c2cccc(F)c2)C2CC2)c2cnccc2c1=O. The summed E-state index contributed by atoms with van der Waals surface area (Å²) in [5, 5.41) is 4.04. The highest BCUT2D eigenvalue weighted by atomic mass is 19.1. The minimum absolute atomic E-state index is 0.209. The number of carbonyl (C=O) groups is 1. The standard InChI is InChI=1S/C23H25FN4O2/c1-3-10-26-28-14(2)20(19-13-25-11-9-18(19)23(28)30)22(29)27-21(15-7-8-15)16-5-4-6-17(24)12-16/h4-6,9,11-13,15,21,26H,3,7-8,10H2,1-2H3,(H,27,29)/t21-/m0/s1. The summed E-state index contributed by atoms with van der Waals surface area (Å²) in [6.07, 6.45) is 5.91. The van der Waals surface area contributed by atoms with E-state index >= 15 is 0 Å². The molecule has 1 fully saturated rings. The molecule has 1 saturated carbocycles. The van der Waals surface area contributed by atoms with Gasteiger partial charge in [-0.05, 0) is 55.9 Å². The van der Waals surface area contributed by atoms with E-state index in [1.54, 1.807) is 31.5 Å². The second-order valence-corrected chi connectivity index (χ2v) is 7.77. The maximum atomic E-state index is 13.8.